The highest BCUT2D eigenvalue weighted by Gasteiger charge is 2.24. The van der Waals surface area contributed by atoms with Crippen LogP contribution >= 0.6 is 0 Å². The molecule has 1 rings (SSSR count). The maximum atomic E-state index is 11.8. The first kappa shape index (κ1) is 11.0. The Hall–Kier alpha value is -1.06. The van der Waals surface area contributed by atoms with Gasteiger partial charge >= 0.3 is 0 Å². The monoisotopic (exact) mass is 198 g/mol. The van der Waals surface area contributed by atoms with E-state index in [1.165, 1.54) is 11.3 Å². The second kappa shape index (κ2) is 4.98. The summed E-state index contributed by atoms with van der Waals surface area (Å²) in [7, 11) is 1.64. The van der Waals surface area contributed by atoms with Gasteiger partial charge < -0.3 is 10.6 Å². The Morgan fingerprint density at radius 1 is 1.29 bits per heavy atom. The summed E-state index contributed by atoms with van der Waals surface area (Å²) in [5.74, 6) is -0.256. The number of carbonyl (C=O) groups is 2. The Balaban J connectivity index is 2.42. The molecule has 1 aliphatic carbocycles. The molecule has 0 atom stereocenters. The highest BCUT2D eigenvalue weighted by atomic mass is 16.2. The van der Waals surface area contributed by atoms with Gasteiger partial charge in [0.15, 0.2) is 0 Å². The summed E-state index contributed by atoms with van der Waals surface area (Å²) in [6, 6.07) is 0. The van der Waals surface area contributed by atoms with E-state index in [9.17, 15) is 9.59 Å². The quantitative estimate of drug-likeness (QED) is 0.718. The zero-order valence-electron chi connectivity index (χ0n) is 8.66. The number of carbonyl (C=O) groups excluding carboxylic acids is 2. The number of nitrogens with two attached hydrogens (primary N) is 1. The zero-order valence-corrected chi connectivity index (χ0v) is 8.66. The van der Waals surface area contributed by atoms with Crippen molar-refractivity contribution in [3.63, 3.8) is 0 Å². The van der Waals surface area contributed by atoms with Crippen molar-refractivity contribution in [3.05, 3.63) is 0 Å². The molecule has 2 N–H and O–H groups in total. The molecule has 80 valence electrons. The van der Waals surface area contributed by atoms with Crippen molar-refractivity contribution in [2.24, 2.45) is 11.7 Å². The predicted octanol–water partition coefficient (Wildman–Crippen LogP) is 0.510. The fourth-order valence-electron chi connectivity index (χ4n) is 1.97. The maximum Gasteiger partial charge on any atom is 0.237 e. The van der Waals surface area contributed by atoms with Crippen LogP contribution in [0, 0.1) is 5.92 Å². The summed E-state index contributed by atoms with van der Waals surface area (Å²) < 4.78 is 0. The SMILES string of the molecule is CN(CC(N)=O)C(=O)C1CCCCC1. The van der Waals surface area contributed by atoms with Crippen LogP contribution in [0.5, 0.6) is 0 Å². The molecule has 0 radical (unpaired) electrons. The van der Waals surface area contributed by atoms with E-state index in [0.717, 1.165) is 25.7 Å². The van der Waals surface area contributed by atoms with Gasteiger partial charge in [0, 0.05) is 13.0 Å². The number of hydrogen-bond donors (Lipinski definition) is 1. The van der Waals surface area contributed by atoms with E-state index < -0.39 is 5.91 Å². The van der Waals surface area contributed by atoms with Crippen molar-refractivity contribution in [1.29, 1.82) is 0 Å². The van der Waals surface area contributed by atoms with Crippen LogP contribution in [0.15, 0.2) is 0 Å². The van der Waals surface area contributed by atoms with Crippen molar-refractivity contribution in [1.82, 2.24) is 4.90 Å². The Kier molecular flexibility index (Phi) is 3.92. The molecule has 1 saturated carbocycles. The molecule has 0 unspecified atom stereocenters. The molecule has 2 amide bonds. The highest BCUT2D eigenvalue weighted by Crippen LogP contribution is 2.24. The summed E-state index contributed by atoms with van der Waals surface area (Å²) in [5.41, 5.74) is 5.03. The first-order chi connectivity index (χ1) is 6.61. The first-order valence-corrected chi connectivity index (χ1v) is 5.14. The van der Waals surface area contributed by atoms with Crippen molar-refractivity contribution in [2.75, 3.05) is 13.6 Å². The molecule has 0 bridgehead atoms. The second-order valence-corrected chi connectivity index (χ2v) is 4.00. The third-order valence-electron chi connectivity index (χ3n) is 2.72. The largest absolute Gasteiger partial charge is 0.368 e. The van der Waals surface area contributed by atoms with Gasteiger partial charge in [-0.05, 0) is 12.8 Å². The molecule has 0 saturated heterocycles. The average molecular weight is 198 g/mol. The van der Waals surface area contributed by atoms with Crippen molar-refractivity contribution in [2.45, 2.75) is 32.1 Å². The smallest absolute Gasteiger partial charge is 0.237 e. The minimum atomic E-state index is -0.448. The lowest BCUT2D eigenvalue weighted by molar-refractivity contribution is -0.138. The third-order valence-corrected chi connectivity index (χ3v) is 2.72. The summed E-state index contributed by atoms with van der Waals surface area (Å²) in [4.78, 5) is 23.8. The summed E-state index contributed by atoms with van der Waals surface area (Å²) in [6.45, 7) is 0.0370. The van der Waals surface area contributed by atoms with Gasteiger partial charge in [-0.2, -0.15) is 0 Å². The lowest BCUT2D eigenvalue weighted by atomic mass is 9.88. The third kappa shape index (κ3) is 3.01. The molecule has 4 heteroatoms. The standard InChI is InChI=1S/C10H18N2O2/c1-12(7-9(11)13)10(14)8-5-3-2-4-6-8/h8H,2-7H2,1H3,(H2,11,13). The maximum absolute atomic E-state index is 11.8. The zero-order chi connectivity index (χ0) is 10.6. The van der Waals surface area contributed by atoms with Gasteiger partial charge in [-0.3, -0.25) is 9.59 Å². The fourth-order valence-corrected chi connectivity index (χ4v) is 1.97. The minimum Gasteiger partial charge on any atom is -0.368 e. The highest BCUT2D eigenvalue weighted by molar-refractivity contribution is 5.84. The molecule has 1 fully saturated rings. The molecule has 0 aromatic heterocycles. The van der Waals surface area contributed by atoms with Crippen LogP contribution in [0.1, 0.15) is 32.1 Å². The van der Waals surface area contributed by atoms with Crippen molar-refractivity contribution in [3.8, 4) is 0 Å². The predicted molar refractivity (Wildman–Crippen MR) is 53.4 cm³/mol. The molecule has 1 aliphatic rings. The lowest BCUT2D eigenvalue weighted by Gasteiger charge is -2.25. The normalized spacial score (nSPS) is 17.8. The van der Waals surface area contributed by atoms with Crippen LogP contribution < -0.4 is 5.73 Å². The number of likely N-dealkylation sites (N-methyl/N-ethyl adjacent to an activating group) is 1. The summed E-state index contributed by atoms with van der Waals surface area (Å²) in [5, 5.41) is 0. The molecule has 0 heterocycles. The van der Waals surface area contributed by atoms with E-state index in [0.29, 0.717) is 0 Å². The molecular weight excluding hydrogens is 180 g/mol. The Bertz CT molecular complexity index is 222. The number of primary amides is 1. The van der Waals surface area contributed by atoms with Gasteiger partial charge in [-0.15, -0.1) is 0 Å². The summed E-state index contributed by atoms with van der Waals surface area (Å²) in [6.07, 6.45) is 5.40. The van der Waals surface area contributed by atoms with E-state index in [4.69, 9.17) is 5.73 Å². The van der Waals surface area contributed by atoms with Gasteiger partial charge in [0.2, 0.25) is 11.8 Å². The molecule has 0 aromatic carbocycles. The van der Waals surface area contributed by atoms with E-state index in [1.54, 1.807) is 7.05 Å². The molecule has 14 heavy (non-hydrogen) atoms. The fraction of sp³-hybridized carbons (Fsp3) is 0.800. The van der Waals surface area contributed by atoms with Crippen LogP contribution in [0.2, 0.25) is 0 Å². The van der Waals surface area contributed by atoms with E-state index in [2.05, 4.69) is 0 Å². The molecule has 0 aliphatic heterocycles. The van der Waals surface area contributed by atoms with Gasteiger partial charge in [0.1, 0.15) is 0 Å². The van der Waals surface area contributed by atoms with Crippen LogP contribution in [0.25, 0.3) is 0 Å². The molecule has 0 aromatic rings. The lowest BCUT2D eigenvalue weighted by Crippen LogP contribution is -2.39. The molecular formula is C10H18N2O2. The Morgan fingerprint density at radius 3 is 2.36 bits per heavy atom. The van der Waals surface area contributed by atoms with E-state index in [-0.39, 0.29) is 18.4 Å². The van der Waals surface area contributed by atoms with Crippen LogP contribution in [0.3, 0.4) is 0 Å². The van der Waals surface area contributed by atoms with Crippen LogP contribution in [-0.4, -0.2) is 30.3 Å². The van der Waals surface area contributed by atoms with Gasteiger partial charge in [0.25, 0.3) is 0 Å². The topological polar surface area (TPSA) is 63.4 Å². The molecule has 0 spiro atoms. The number of rotatable bonds is 3. The van der Waals surface area contributed by atoms with Gasteiger partial charge in [-0.1, -0.05) is 19.3 Å². The Labute approximate surface area is 84.4 Å². The number of nitrogens with zero attached hydrogens (tertiary/aromatic N) is 1. The van der Waals surface area contributed by atoms with E-state index >= 15 is 0 Å². The van der Waals surface area contributed by atoms with Gasteiger partial charge in [-0.25, -0.2) is 0 Å². The average Bonchev–Trinajstić information content (AvgIpc) is 2.17. The van der Waals surface area contributed by atoms with Gasteiger partial charge in [0.05, 0.1) is 6.54 Å². The van der Waals surface area contributed by atoms with Crippen molar-refractivity contribution >= 4 is 11.8 Å². The van der Waals surface area contributed by atoms with Crippen LogP contribution in [0.4, 0.5) is 0 Å². The molecule has 4 nitrogen and oxygen atoms in total. The van der Waals surface area contributed by atoms with Crippen molar-refractivity contribution < 1.29 is 9.59 Å². The van der Waals surface area contributed by atoms with Crippen LogP contribution in [-0.2, 0) is 9.59 Å². The summed E-state index contributed by atoms with van der Waals surface area (Å²) >= 11 is 0. The minimum absolute atomic E-state index is 0.0370. The Morgan fingerprint density at radius 2 is 1.86 bits per heavy atom. The second-order valence-electron chi connectivity index (χ2n) is 4.00. The first-order valence-electron chi connectivity index (χ1n) is 5.14. The number of hydrogen-bond acceptors (Lipinski definition) is 2. The van der Waals surface area contributed by atoms with E-state index in [1.807, 2.05) is 0 Å². The number of amides is 2.